The molecule has 1 aromatic heterocycles. The van der Waals surface area contributed by atoms with Crippen molar-refractivity contribution in [3.8, 4) is 11.8 Å². The highest BCUT2D eigenvalue weighted by molar-refractivity contribution is 5.95. The van der Waals surface area contributed by atoms with Crippen LogP contribution in [-0.2, 0) is 48.1 Å². The molecule has 0 saturated carbocycles. The molecule has 2 heterocycles. The van der Waals surface area contributed by atoms with E-state index in [2.05, 4.69) is 27.5 Å². The van der Waals surface area contributed by atoms with Crippen molar-refractivity contribution in [1.82, 2.24) is 35.4 Å². The number of fused-ring (bicyclic) bond motifs is 1. The van der Waals surface area contributed by atoms with Gasteiger partial charge < -0.3 is 35.5 Å². The van der Waals surface area contributed by atoms with E-state index in [1.54, 1.807) is 64.6 Å². The largest absolute Gasteiger partial charge is 0.487 e. The minimum Gasteiger partial charge on any atom is -0.487 e. The smallest absolute Gasteiger partial charge is 0.410 e. The number of likely N-dealkylation sites (tertiary alicyclic amines) is 1. The normalized spacial score (nSPS) is 16.9. The Labute approximate surface area is 380 Å². The molecule has 0 unspecified atom stereocenters. The van der Waals surface area contributed by atoms with Gasteiger partial charge in [0.25, 0.3) is 0 Å². The van der Waals surface area contributed by atoms with E-state index in [1.807, 2.05) is 60.7 Å². The van der Waals surface area contributed by atoms with Crippen LogP contribution in [0.25, 0.3) is 10.8 Å². The summed E-state index contributed by atoms with van der Waals surface area (Å²) in [6.07, 6.45) is 2.99. The summed E-state index contributed by atoms with van der Waals surface area (Å²) in [5.41, 5.74) is 6.24. The van der Waals surface area contributed by atoms with Gasteiger partial charge in [-0.05, 0) is 67.1 Å². The summed E-state index contributed by atoms with van der Waals surface area (Å²) in [5.74, 6) is -1.88. The number of nitrogens with zero attached hydrogens (tertiary/aromatic N) is 6. The molecule has 0 spiro atoms. The second-order valence-electron chi connectivity index (χ2n) is 18.4. The van der Waals surface area contributed by atoms with E-state index in [0.717, 1.165) is 26.8 Å². The number of benzene rings is 3. The fourth-order valence-electron chi connectivity index (χ4n) is 7.28. The van der Waals surface area contributed by atoms with Gasteiger partial charge in [0.15, 0.2) is 0 Å². The second kappa shape index (κ2) is 21.3. The van der Waals surface area contributed by atoms with Crippen molar-refractivity contribution >= 4 is 40.6 Å². The Morgan fingerprint density at radius 3 is 2.31 bits per heavy atom. The number of nitrogens with one attached hydrogen (secondary N) is 2. The average Bonchev–Trinajstić information content (AvgIpc) is 3.93. The molecule has 3 aromatic carbocycles. The lowest BCUT2D eigenvalue weighted by molar-refractivity contribution is -0.148. The molecular weight excluding hydrogens is 831 g/mol. The summed E-state index contributed by atoms with van der Waals surface area (Å²) in [6, 6.07) is 17.2. The van der Waals surface area contributed by atoms with Crippen LogP contribution in [0.4, 0.5) is 4.79 Å². The van der Waals surface area contributed by atoms with E-state index in [1.165, 1.54) is 24.9 Å². The van der Waals surface area contributed by atoms with Crippen molar-refractivity contribution in [2.24, 2.45) is 11.1 Å². The van der Waals surface area contributed by atoms with Gasteiger partial charge in [-0.1, -0.05) is 93.2 Å². The van der Waals surface area contributed by atoms with Crippen LogP contribution < -0.4 is 21.1 Å². The molecule has 1 fully saturated rings. The number of ether oxygens (including phenoxy) is 3. The summed E-state index contributed by atoms with van der Waals surface area (Å²) in [6.45, 7) is 15.7. The van der Waals surface area contributed by atoms with Crippen molar-refractivity contribution < 1.29 is 38.2 Å². The van der Waals surface area contributed by atoms with Gasteiger partial charge in [-0.2, -0.15) is 5.26 Å². The van der Waals surface area contributed by atoms with Crippen LogP contribution in [-0.4, -0.2) is 111 Å². The summed E-state index contributed by atoms with van der Waals surface area (Å²) in [5, 5.41) is 25.4. The summed E-state index contributed by atoms with van der Waals surface area (Å²) in [4.78, 5) is 72.3. The van der Waals surface area contributed by atoms with Gasteiger partial charge in [0.2, 0.25) is 17.7 Å². The van der Waals surface area contributed by atoms with Crippen molar-refractivity contribution in [2.75, 3.05) is 20.2 Å². The van der Waals surface area contributed by atoms with Crippen molar-refractivity contribution in [1.29, 1.82) is 5.26 Å². The zero-order valence-electron chi connectivity index (χ0n) is 38.4. The number of esters is 1. The Morgan fingerprint density at radius 2 is 1.66 bits per heavy atom. The lowest BCUT2D eigenvalue weighted by Gasteiger charge is -2.37. The monoisotopic (exact) mass is 891 g/mol. The number of carbonyl (C=O) groups is 5. The number of nitrogens with two attached hydrogens (primary N) is 1. The number of hydrogen-bond donors (Lipinski definition) is 3. The molecule has 1 aliphatic heterocycles. The molecule has 65 heavy (non-hydrogen) atoms. The molecule has 1 saturated heterocycles. The first-order valence-electron chi connectivity index (χ1n) is 21.6. The quantitative estimate of drug-likeness (QED) is 0.0962. The molecule has 6 atom stereocenters. The maximum absolute atomic E-state index is 14.9. The van der Waals surface area contributed by atoms with Gasteiger partial charge >= 0.3 is 12.1 Å². The Morgan fingerprint density at radius 1 is 0.985 bits per heavy atom. The van der Waals surface area contributed by atoms with Crippen LogP contribution in [0, 0.1) is 16.7 Å². The second-order valence-corrected chi connectivity index (χ2v) is 18.4. The van der Waals surface area contributed by atoms with Gasteiger partial charge in [-0.25, -0.2) is 14.3 Å². The van der Waals surface area contributed by atoms with Crippen molar-refractivity contribution in [2.45, 2.75) is 116 Å². The van der Waals surface area contributed by atoms with Crippen molar-refractivity contribution in [3.63, 3.8) is 0 Å². The number of amides is 4. The molecular formula is C48H61N9O8. The molecule has 0 radical (unpaired) electrons. The van der Waals surface area contributed by atoms with Crippen molar-refractivity contribution in [3.05, 3.63) is 102 Å². The first-order valence-corrected chi connectivity index (χ1v) is 21.6. The van der Waals surface area contributed by atoms with Crippen LogP contribution in [0.5, 0.6) is 5.75 Å². The predicted octanol–water partition coefficient (Wildman–Crippen LogP) is 4.79. The third-order valence-electron chi connectivity index (χ3n) is 11.0. The topological polar surface area (TPSA) is 224 Å². The van der Waals surface area contributed by atoms with Gasteiger partial charge in [0.05, 0.1) is 24.3 Å². The first-order chi connectivity index (χ1) is 30.7. The Hall–Kier alpha value is -6.80. The summed E-state index contributed by atoms with van der Waals surface area (Å²) >= 11 is 0. The van der Waals surface area contributed by atoms with Crippen LogP contribution >= 0.6 is 0 Å². The van der Waals surface area contributed by atoms with E-state index < -0.39 is 77.1 Å². The molecule has 0 bridgehead atoms. The van der Waals surface area contributed by atoms with E-state index >= 15 is 0 Å². The molecule has 0 aliphatic carbocycles. The minimum atomic E-state index is -1.16. The third kappa shape index (κ3) is 13.4. The third-order valence-corrected chi connectivity index (χ3v) is 11.0. The minimum absolute atomic E-state index is 0.00105. The average molecular weight is 892 g/mol. The highest BCUT2D eigenvalue weighted by atomic mass is 16.6. The van der Waals surface area contributed by atoms with Gasteiger partial charge in [0.1, 0.15) is 54.4 Å². The number of carbonyl (C=O) groups excluding carboxylic acids is 5. The molecule has 17 nitrogen and oxygen atoms in total. The summed E-state index contributed by atoms with van der Waals surface area (Å²) < 4.78 is 18.4. The fraction of sp³-hybridized carbons (Fsp3) is 0.458. The van der Waals surface area contributed by atoms with Gasteiger partial charge in [0, 0.05) is 32.9 Å². The lowest BCUT2D eigenvalue weighted by Crippen LogP contribution is -2.60. The highest BCUT2D eigenvalue weighted by Gasteiger charge is 2.47. The zero-order chi connectivity index (χ0) is 47.6. The SMILES string of the molecule is C=CCOC(=O)[C@H](Cc1ccc2ccccc2c1)NC(=O)[C@@H]1C[C@H](n2cc(COc3ccc(C[C@H](N)C#N)cc3)nn2)CN1C(=O)[C@@H](NC(=O)[C@H](C)N(C)C(=O)OC(C)(C)C)C(C)(C)C. The first kappa shape index (κ1) is 49.2. The molecule has 4 aromatic rings. The number of aromatic nitrogens is 3. The number of hydrogen-bond acceptors (Lipinski definition) is 12. The van der Waals surface area contributed by atoms with Gasteiger partial charge in [-0.15, -0.1) is 5.10 Å². The number of nitriles is 1. The molecule has 4 amide bonds. The molecule has 5 rings (SSSR count). The number of likely N-dealkylation sites (N-methyl/N-ethyl adjacent to an activating group) is 1. The maximum Gasteiger partial charge on any atom is 0.410 e. The lowest BCUT2D eigenvalue weighted by atomic mass is 9.85. The van der Waals surface area contributed by atoms with Crippen LogP contribution in [0.1, 0.15) is 77.7 Å². The predicted molar refractivity (Wildman–Crippen MR) is 243 cm³/mol. The van der Waals surface area contributed by atoms with E-state index in [-0.39, 0.29) is 32.6 Å². The highest BCUT2D eigenvalue weighted by Crippen LogP contribution is 2.32. The van der Waals surface area contributed by atoms with E-state index in [4.69, 9.17) is 25.2 Å². The Bertz CT molecular complexity index is 2380. The molecule has 346 valence electrons. The fourth-order valence-corrected chi connectivity index (χ4v) is 7.28. The molecule has 1 aliphatic rings. The van der Waals surface area contributed by atoms with Crippen LogP contribution in [0.15, 0.2) is 85.6 Å². The maximum atomic E-state index is 14.9. The van der Waals surface area contributed by atoms with E-state index in [0.29, 0.717) is 17.9 Å². The van der Waals surface area contributed by atoms with Crippen LogP contribution in [0.2, 0.25) is 0 Å². The standard InChI is InChI=1S/C48H61N9O8/c1-10-21-63-45(61)39(24-32-15-18-33-13-11-12-14-34(33)22-32)51-43(59)40-25-37(57-27-36(53-54-57)29-64-38-19-16-31(17-20-38)23-35(50)26-49)28-56(40)44(60)41(47(3,4)5)52-42(58)30(2)55(9)46(62)65-48(6,7)8/h10-20,22,27,30,35,37,39-41H,1,21,23-25,28-29,50H2,2-9H3,(H,51,59)(H,52,58)/t30-,35-,37-,39-,40-,41+/m0/s1. The van der Waals surface area contributed by atoms with Gasteiger partial charge in [-0.3, -0.25) is 19.3 Å². The molecule has 4 N–H and O–H groups in total. The van der Waals surface area contributed by atoms with Crippen LogP contribution in [0.3, 0.4) is 0 Å². The molecule has 17 heteroatoms. The zero-order valence-corrected chi connectivity index (χ0v) is 38.4. The summed E-state index contributed by atoms with van der Waals surface area (Å²) in [7, 11) is 1.44. The Kier molecular flexibility index (Phi) is 16.1. The Balaban J connectivity index is 1.41. The van der Waals surface area contributed by atoms with E-state index in [9.17, 15) is 24.0 Å². The number of rotatable bonds is 17.